The third kappa shape index (κ3) is 4.39. The Kier molecular flexibility index (Phi) is 5.87. The fourth-order valence-electron chi connectivity index (χ4n) is 5.68. The van der Waals surface area contributed by atoms with Gasteiger partial charge in [-0.25, -0.2) is 0 Å². The maximum absolute atomic E-state index is 12.7. The maximum Gasteiger partial charge on any atom is 0.223 e. The topological polar surface area (TPSA) is 23.6 Å². The molecule has 2 heterocycles. The van der Waals surface area contributed by atoms with Crippen LogP contribution in [0.3, 0.4) is 0 Å². The molecule has 3 aliphatic rings. The molecular formula is C24H36N2O. The molecule has 0 unspecified atom stereocenters. The standard InChI is InChI=1S/C24H36N2O/c1-20-8-10-22(11-9-20)19-26-23(27)12-14-24(26)13-5-16-25(17-15-24)18-21-6-3-2-4-7-21/h8-11,21H,2-7,12-19H2,1H3/t24-/m0/s1. The molecule has 1 aromatic carbocycles. The van der Waals surface area contributed by atoms with Crippen LogP contribution in [0.4, 0.5) is 0 Å². The lowest BCUT2D eigenvalue weighted by molar-refractivity contribution is -0.132. The summed E-state index contributed by atoms with van der Waals surface area (Å²) in [6.07, 6.45) is 12.6. The Bertz CT molecular complexity index is 634. The molecule has 0 radical (unpaired) electrons. The third-order valence-corrected chi connectivity index (χ3v) is 7.39. The summed E-state index contributed by atoms with van der Waals surface area (Å²) in [5.74, 6) is 1.29. The van der Waals surface area contributed by atoms with Gasteiger partial charge >= 0.3 is 0 Å². The maximum atomic E-state index is 12.7. The fourth-order valence-corrected chi connectivity index (χ4v) is 5.68. The summed E-state index contributed by atoms with van der Waals surface area (Å²) in [5.41, 5.74) is 2.68. The largest absolute Gasteiger partial charge is 0.333 e. The molecular weight excluding hydrogens is 332 g/mol. The smallest absolute Gasteiger partial charge is 0.223 e. The number of carbonyl (C=O) groups excluding carboxylic acids is 1. The quantitative estimate of drug-likeness (QED) is 0.753. The summed E-state index contributed by atoms with van der Waals surface area (Å²) in [6, 6.07) is 8.73. The second-order valence-corrected chi connectivity index (χ2v) is 9.35. The van der Waals surface area contributed by atoms with Crippen molar-refractivity contribution >= 4 is 5.91 Å². The second kappa shape index (κ2) is 8.34. The van der Waals surface area contributed by atoms with E-state index in [2.05, 4.69) is 41.0 Å². The minimum Gasteiger partial charge on any atom is -0.333 e. The van der Waals surface area contributed by atoms with Crippen LogP contribution < -0.4 is 0 Å². The van der Waals surface area contributed by atoms with Crippen molar-refractivity contribution in [1.82, 2.24) is 9.80 Å². The van der Waals surface area contributed by atoms with Gasteiger partial charge in [-0.2, -0.15) is 0 Å². The summed E-state index contributed by atoms with van der Waals surface area (Å²) < 4.78 is 0. The molecule has 1 amide bonds. The Morgan fingerprint density at radius 2 is 1.74 bits per heavy atom. The molecule has 3 nitrogen and oxygen atoms in total. The van der Waals surface area contributed by atoms with Crippen LogP contribution in [-0.2, 0) is 11.3 Å². The van der Waals surface area contributed by atoms with Gasteiger partial charge in [-0.15, -0.1) is 0 Å². The molecule has 2 saturated heterocycles. The van der Waals surface area contributed by atoms with E-state index in [4.69, 9.17) is 0 Å². The monoisotopic (exact) mass is 368 g/mol. The molecule has 4 rings (SSSR count). The zero-order chi connectivity index (χ0) is 18.7. The molecule has 1 spiro atoms. The van der Waals surface area contributed by atoms with Gasteiger partial charge in [0.1, 0.15) is 0 Å². The predicted molar refractivity (Wildman–Crippen MR) is 111 cm³/mol. The lowest BCUT2D eigenvalue weighted by Gasteiger charge is -2.38. The van der Waals surface area contributed by atoms with Gasteiger partial charge in [-0.3, -0.25) is 4.79 Å². The third-order valence-electron chi connectivity index (χ3n) is 7.39. The van der Waals surface area contributed by atoms with Gasteiger partial charge in [-0.05, 0) is 63.5 Å². The molecule has 0 N–H and O–H groups in total. The van der Waals surface area contributed by atoms with E-state index in [1.807, 2.05) is 0 Å². The van der Waals surface area contributed by atoms with Gasteiger partial charge in [0.15, 0.2) is 0 Å². The number of hydrogen-bond donors (Lipinski definition) is 0. The van der Waals surface area contributed by atoms with E-state index >= 15 is 0 Å². The number of hydrogen-bond acceptors (Lipinski definition) is 2. The van der Waals surface area contributed by atoms with Gasteiger partial charge in [-0.1, -0.05) is 49.1 Å². The van der Waals surface area contributed by atoms with E-state index in [9.17, 15) is 4.79 Å². The molecule has 3 heteroatoms. The second-order valence-electron chi connectivity index (χ2n) is 9.35. The highest BCUT2D eigenvalue weighted by atomic mass is 16.2. The first-order valence-corrected chi connectivity index (χ1v) is 11.2. The number of carbonyl (C=O) groups is 1. The van der Waals surface area contributed by atoms with Crippen LogP contribution in [0.25, 0.3) is 0 Å². The van der Waals surface area contributed by atoms with Crippen LogP contribution in [0.2, 0.25) is 0 Å². The van der Waals surface area contributed by atoms with Crippen molar-refractivity contribution in [1.29, 1.82) is 0 Å². The number of aryl methyl sites for hydroxylation is 1. The van der Waals surface area contributed by atoms with Gasteiger partial charge in [0, 0.05) is 31.6 Å². The van der Waals surface area contributed by atoms with Crippen LogP contribution in [0.1, 0.15) is 75.3 Å². The van der Waals surface area contributed by atoms with E-state index in [1.54, 1.807) is 0 Å². The van der Waals surface area contributed by atoms with Crippen molar-refractivity contribution < 1.29 is 4.79 Å². The minimum atomic E-state index is 0.114. The summed E-state index contributed by atoms with van der Waals surface area (Å²) >= 11 is 0. The highest BCUT2D eigenvalue weighted by Crippen LogP contribution is 2.40. The van der Waals surface area contributed by atoms with Gasteiger partial charge < -0.3 is 9.80 Å². The van der Waals surface area contributed by atoms with E-state index in [0.717, 1.165) is 31.7 Å². The highest BCUT2D eigenvalue weighted by Gasteiger charge is 2.45. The van der Waals surface area contributed by atoms with Gasteiger partial charge in [0.25, 0.3) is 0 Å². The lowest BCUT2D eigenvalue weighted by atomic mass is 9.87. The van der Waals surface area contributed by atoms with E-state index in [-0.39, 0.29) is 5.54 Å². The Labute approximate surface area is 165 Å². The number of nitrogens with zero attached hydrogens (tertiary/aromatic N) is 2. The molecule has 1 atom stereocenters. The van der Waals surface area contributed by atoms with Crippen LogP contribution in [0.5, 0.6) is 0 Å². The van der Waals surface area contributed by atoms with Crippen molar-refractivity contribution in [3.05, 3.63) is 35.4 Å². The summed E-state index contributed by atoms with van der Waals surface area (Å²) in [7, 11) is 0. The van der Waals surface area contributed by atoms with Gasteiger partial charge in [0.05, 0.1) is 0 Å². The van der Waals surface area contributed by atoms with Gasteiger partial charge in [0.2, 0.25) is 5.91 Å². The Balaban J connectivity index is 1.41. The molecule has 27 heavy (non-hydrogen) atoms. The summed E-state index contributed by atoms with van der Waals surface area (Å²) in [6.45, 7) is 6.61. The SMILES string of the molecule is Cc1ccc(CN2C(=O)CC[C@]23CCCN(CC2CCCCC2)CC3)cc1. The lowest BCUT2D eigenvalue weighted by Crippen LogP contribution is -2.46. The highest BCUT2D eigenvalue weighted by molar-refractivity contribution is 5.79. The van der Waals surface area contributed by atoms with E-state index < -0.39 is 0 Å². The van der Waals surface area contributed by atoms with Crippen molar-refractivity contribution in [2.45, 2.75) is 83.2 Å². The number of benzene rings is 1. The zero-order valence-electron chi connectivity index (χ0n) is 17.1. The molecule has 148 valence electrons. The molecule has 0 bridgehead atoms. The average molecular weight is 369 g/mol. The molecule has 1 aliphatic carbocycles. The predicted octanol–water partition coefficient (Wildman–Crippen LogP) is 4.92. The van der Waals surface area contributed by atoms with Crippen molar-refractivity contribution in [2.75, 3.05) is 19.6 Å². The fraction of sp³-hybridized carbons (Fsp3) is 0.708. The first-order valence-electron chi connectivity index (χ1n) is 11.2. The Morgan fingerprint density at radius 3 is 2.52 bits per heavy atom. The molecule has 2 aliphatic heterocycles. The Morgan fingerprint density at radius 1 is 0.963 bits per heavy atom. The number of amides is 1. The summed E-state index contributed by atoms with van der Waals surface area (Å²) in [4.78, 5) is 17.7. The van der Waals surface area contributed by atoms with E-state index in [1.165, 1.54) is 75.7 Å². The van der Waals surface area contributed by atoms with Crippen LogP contribution in [-0.4, -0.2) is 40.9 Å². The minimum absolute atomic E-state index is 0.114. The average Bonchev–Trinajstić information content (AvgIpc) is 2.85. The first kappa shape index (κ1) is 19.0. The summed E-state index contributed by atoms with van der Waals surface area (Å²) in [5, 5.41) is 0. The molecule has 3 fully saturated rings. The molecule has 0 aromatic heterocycles. The van der Waals surface area contributed by atoms with Crippen molar-refractivity contribution in [3.63, 3.8) is 0 Å². The van der Waals surface area contributed by atoms with Crippen LogP contribution in [0, 0.1) is 12.8 Å². The molecule has 1 saturated carbocycles. The Hall–Kier alpha value is -1.35. The van der Waals surface area contributed by atoms with Crippen LogP contribution in [0.15, 0.2) is 24.3 Å². The van der Waals surface area contributed by atoms with Crippen molar-refractivity contribution in [2.24, 2.45) is 5.92 Å². The van der Waals surface area contributed by atoms with E-state index in [0.29, 0.717) is 5.91 Å². The first-order chi connectivity index (χ1) is 13.1. The van der Waals surface area contributed by atoms with Crippen LogP contribution >= 0.6 is 0 Å². The number of rotatable bonds is 4. The normalized spacial score (nSPS) is 28.0. The van der Waals surface area contributed by atoms with Crippen molar-refractivity contribution in [3.8, 4) is 0 Å². The molecule has 1 aromatic rings. The number of likely N-dealkylation sites (tertiary alicyclic amines) is 2. The zero-order valence-corrected chi connectivity index (χ0v) is 17.1.